The third kappa shape index (κ3) is 5.75. The molecule has 0 saturated heterocycles. The van der Waals surface area contributed by atoms with Crippen molar-refractivity contribution in [3.8, 4) is 0 Å². The second-order valence-electron chi connectivity index (χ2n) is 2.31. The van der Waals surface area contributed by atoms with Crippen molar-refractivity contribution in [2.45, 2.75) is 26.1 Å². The summed E-state index contributed by atoms with van der Waals surface area (Å²) in [6.07, 6.45) is -1.44. The summed E-state index contributed by atoms with van der Waals surface area (Å²) in [6, 6.07) is 0. The van der Waals surface area contributed by atoms with Gasteiger partial charge in [0.1, 0.15) is 6.10 Å². The Morgan fingerprint density at radius 1 is 1.50 bits per heavy atom. The minimum absolute atomic E-state index is 0. The Labute approximate surface area is 106 Å². The Balaban J connectivity index is 0. The fourth-order valence-electron chi connectivity index (χ4n) is 0.820. The Kier molecular flexibility index (Phi) is 11.4. The molecular weight excluding hydrogens is 198 g/mol. The molecule has 0 spiro atoms. The monoisotopic (exact) mass is 214 g/mol. The normalized spacial score (nSPS) is 13.6. The first-order valence-corrected chi connectivity index (χ1v) is 4.22. The molecule has 2 unspecified atom stereocenters. The topological polar surface area (TPSA) is 35.5 Å². The molecule has 3 nitrogen and oxygen atoms in total. The van der Waals surface area contributed by atoms with Crippen molar-refractivity contribution in [3.63, 3.8) is 0 Å². The summed E-state index contributed by atoms with van der Waals surface area (Å²) >= 11 is 0. The molecule has 0 fully saturated rings. The number of hydrogen-bond donors (Lipinski definition) is 0. The van der Waals surface area contributed by atoms with Gasteiger partial charge in [0.05, 0.1) is 6.61 Å². The van der Waals surface area contributed by atoms with E-state index in [0.29, 0.717) is 6.61 Å². The molecule has 0 amide bonds. The number of rotatable bonds is 6. The number of ether oxygens (including phenoxy) is 2. The van der Waals surface area contributed by atoms with Crippen LogP contribution in [0.2, 0.25) is 0 Å². The van der Waals surface area contributed by atoms with Crippen LogP contribution in [-0.4, -0.2) is 61.0 Å². The summed E-state index contributed by atoms with van der Waals surface area (Å²) in [7, 11) is 0. The fraction of sp³-hybridized carbons (Fsp3) is 0.667. The number of alkyl halides is 1. The zero-order chi connectivity index (χ0) is 10.3. The molecule has 0 aliphatic carbocycles. The molecule has 0 aromatic carbocycles. The average molecular weight is 214 g/mol. The Morgan fingerprint density at radius 3 is 2.43 bits per heavy atom. The molecule has 0 rings (SSSR count). The van der Waals surface area contributed by atoms with E-state index >= 15 is 0 Å². The molecule has 14 heavy (non-hydrogen) atoms. The molecule has 2 atom stereocenters. The van der Waals surface area contributed by atoms with Gasteiger partial charge in [0, 0.05) is 6.61 Å². The molecule has 78 valence electrons. The van der Waals surface area contributed by atoms with E-state index in [9.17, 15) is 9.18 Å². The van der Waals surface area contributed by atoms with Crippen LogP contribution in [0.1, 0.15) is 13.8 Å². The van der Waals surface area contributed by atoms with Gasteiger partial charge in [-0.2, -0.15) is 0 Å². The number of carbonyl (C=O) groups excluding carboxylic acids is 1. The third-order valence-corrected chi connectivity index (χ3v) is 1.39. The number of hydrogen-bond acceptors (Lipinski definition) is 3. The molecule has 0 aromatic rings. The Morgan fingerprint density at radius 2 is 2.07 bits per heavy atom. The van der Waals surface area contributed by atoms with Crippen LogP contribution >= 0.6 is 0 Å². The molecule has 0 N–H and O–H groups in total. The predicted octanol–water partition coefficient (Wildman–Crippen LogP) is 0.830. The first kappa shape index (κ1) is 16.5. The van der Waals surface area contributed by atoms with Crippen LogP contribution in [0.15, 0.2) is 12.7 Å². The van der Waals surface area contributed by atoms with Gasteiger partial charge in [0.2, 0.25) is 6.17 Å². The molecule has 0 heterocycles. The summed E-state index contributed by atoms with van der Waals surface area (Å²) in [6.45, 7) is 7.20. The van der Waals surface area contributed by atoms with E-state index in [1.807, 2.05) is 0 Å². The zero-order valence-electron chi connectivity index (χ0n) is 7.96. The van der Waals surface area contributed by atoms with E-state index < -0.39 is 18.2 Å². The van der Waals surface area contributed by atoms with Crippen molar-refractivity contribution >= 4 is 35.5 Å². The molecular formula is C9H16FNaO3. The van der Waals surface area contributed by atoms with E-state index in [1.54, 1.807) is 13.8 Å². The van der Waals surface area contributed by atoms with Crippen molar-refractivity contribution < 1.29 is 18.7 Å². The van der Waals surface area contributed by atoms with Gasteiger partial charge in [-0.05, 0) is 13.8 Å². The summed E-state index contributed by atoms with van der Waals surface area (Å²) in [4.78, 5) is 10.9. The van der Waals surface area contributed by atoms with E-state index in [4.69, 9.17) is 4.74 Å². The van der Waals surface area contributed by atoms with Gasteiger partial charge < -0.3 is 9.47 Å². The molecule has 0 aromatic heterocycles. The van der Waals surface area contributed by atoms with Gasteiger partial charge >= 0.3 is 35.5 Å². The van der Waals surface area contributed by atoms with Gasteiger partial charge in [-0.15, -0.1) is 6.58 Å². The molecule has 0 aliphatic rings. The second kappa shape index (κ2) is 9.65. The maximum absolute atomic E-state index is 13.2. The van der Waals surface area contributed by atoms with E-state index in [2.05, 4.69) is 11.3 Å². The molecule has 5 heteroatoms. The number of carbonyl (C=O) groups is 1. The van der Waals surface area contributed by atoms with Crippen molar-refractivity contribution in [2.75, 3.05) is 13.2 Å². The van der Waals surface area contributed by atoms with Gasteiger partial charge in [0.15, 0.2) is 0 Å². The molecule has 0 aliphatic heterocycles. The minimum atomic E-state index is -1.78. The maximum atomic E-state index is 13.2. The quantitative estimate of drug-likeness (QED) is 0.373. The van der Waals surface area contributed by atoms with Crippen LogP contribution in [0.5, 0.6) is 0 Å². The van der Waals surface area contributed by atoms with Crippen LogP contribution in [0.4, 0.5) is 4.39 Å². The molecule has 0 radical (unpaired) electrons. The molecule has 0 bridgehead atoms. The van der Waals surface area contributed by atoms with Crippen molar-refractivity contribution in [3.05, 3.63) is 12.7 Å². The van der Waals surface area contributed by atoms with Crippen LogP contribution in [0.3, 0.4) is 0 Å². The van der Waals surface area contributed by atoms with Crippen LogP contribution in [0, 0.1) is 0 Å². The zero-order valence-corrected chi connectivity index (χ0v) is 7.96. The van der Waals surface area contributed by atoms with Gasteiger partial charge in [0.25, 0.3) is 0 Å². The second-order valence-corrected chi connectivity index (χ2v) is 2.31. The molecule has 0 saturated carbocycles. The fourth-order valence-corrected chi connectivity index (χ4v) is 0.820. The SMILES string of the molecule is C=CC(OCC)C(F)C(=O)OCC.[NaH]. The third-order valence-electron chi connectivity index (χ3n) is 1.39. The van der Waals surface area contributed by atoms with Gasteiger partial charge in [-0.1, -0.05) is 6.08 Å². The summed E-state index contributed by atoms with van der Waals surface area (Å²) in [5.74, 6) is -0.902. The summed E-state index contributed by atoms with van der Waals surface area (Å²) in [5.41, 5.74) is 0. The summed E-state index contributed by atoms with van der Waals surface area (Å²) < 4.78 is 22.6. The first-order chi connectivity index (χ1) is 6.17. The van der Waals surface area contributed by atoms with Crippen LogP contribution < -0.4 is 0 Å². The van der Waals surface area contributed by atoms with E-state index in [1.165, 1.54) is 6.08 Å². The van der Waals surface area contributed by atoms with Crippen molar-refractivity contribution in [1.29, 1.82) is 0 Å². The summed E-state index contributed by atoms with van der Waals surface area (Å²) in [5, 5.41) is 0. The van der Waals surface area contributed by atoms with Crippen molar-refractivity contribution in [2.24, 2.45) is 0 Å². The predicted molar refractivity (Wildman–Crippen MR) is 54.3 cm³/mol. The average Bonchev–Trinajstić information content (AvgIpc) is 2.13. The number of halogens is 1. The standard InChI is InChI=1S/C9H15FO3.Na.H/c1-4-7(12-5-2)8(10)9(11)13-6-3;;/h4,7-8H,1,5-6H2,2-3H3;;. The van der Waals surface area contributed by atoms with Gasteiger partial charge in [-0.3, -0.25) is 0 Å². The Bertz CT molecular complexity index is 175. The van der Waals surface area contributed by atoms with Gasteiger partial charge in [-0.25, -0.2) is 9.18 Å². The first-order valence-electron chi connectivity index (χ1n) is 4.22. The van der Waals surface area contributed by atoms with Crippen LogP contribution in [-0.2, 0) is 14.3 Å². The van der Waals surface area contributed by atoms with Crippen LogP contribution in [0.25, 0.3) is 0 Å². The number of esters is 1. The van der Waals surface area contributed by atoms with Crippen molar-refractivity contribution in [1.82, 2.24) is 0 Å². The Hall–Kier alpha value is 0.100. The van der Waals surface area contributed by atoms with E-state index in [0.717, 1.165) is 0 Å². The van der Waals surface area contributed by atoms with E-state index in [-0.39, 0.29) is 36.2 Å².